The van der Waals surface area contributed by atoms with Crippen molar-refractivity contribution in [2.24, 2.45) is 7.05 Å². The number of H-pyrrole nitrogens is 1. The van der Waals surface area contributed by atoms with Gasteiger partial charge in [-0.3, -0.25) is 0 Å². The smallest absolute Gasteiger partial charge is 0.177 e. The lowest BCUT2D eigenvalue weighted by Gasteiger charge is -2.16. The van der Waals surface area contributed by atoms with Crippen LogP contribution < -0.4 is 4.74 Å². The van der Waals surface area contributed by atoms with Crippen molar-refractivity contribution in [2.45, 2.75) is 6.10 Å². The fraction of sp³-hybridized carbons (Fsp3) is 0.118. The van der Waals surface area contributed by atoms with Gasteiger partial charge < -0.3 is 19.4 Å². The number of aliphatic hydroxyl groups is 1. The number of hydrogen-bond donors (Lipinski definition) is 2. The zero-order chi connectivity index (χ0) is 15.5. The van der Waals surface area contributed by atoms with Crippen molar-refractivity contribution in [1.82, 2.24) is 9.55 Å². The van der Waals surface area contributed by atoms with Gasteiger partial charge in [-0.15, -0.1) is 0 Å². The van der Waals surface area contributed by atoms with Gasteiger partial charge in [-0.25, -0.2) is 0 Å². The average Bonchev–Trinajstić information content (AvgIpc) is 2.88. The molecule has 2 N–H and O–H groups in total. The van der Waals surface area contributed by atoms with E-state index in [9.17, 15) is 5.11 Å². The van der Waals surface area contributed by atoms with Crippen LogP contribution in [0.1, 0.15) is 17.4 Å². The first-order valence-electron chi connectivity index (χ1n) is 6.91. The number of nitrogens with one attached hydrogen (secondary N) is 1. The average molecular weight is 312 g/mol. The molecule has 2 aromatic carbocycles. The van der Waals surface area contributed by atoms with Gasteiger partial charge in [0, 0.05) is 18.8 Å². The predicted octanol–water partition coefficient (Wildman–Crippen LogP) is 3.96. The summed E-state index contributed by atoms with van der Waals surface area (Å²) in [6.07, 6.45) is 0.893. The lowest BCUT2D eigenvalue weighted by atomic mass is 10.1. The minimum atomic E-state index is -0.821. The van der Waals surface area contributed by atoms with Crippen LogP contribution in [-0.4, -0.2) is 14.7 Å². The van der Waals surface area contributed by atoms with Gasteiger partial charge in [0.05, 0.1) is 5.69 Å². The number of aliphatic hydroxyl groups excluding tert-OH is 1. The molecule has 0 amide bonds. The molecule has 0 saturated heterocycles. The van der Waals surface area contributed by atoms with Crippen LogP contribution in [0.3, 0.4) is 0 Å². The first-order valence-corrected chi connectivity index (χ1v) is 7.32. The summed E-state index contributed by atoms with van der Waals surface area (Å²) in [7, 11) is 1.82. The van der Waals surface area contributed by atoms with Crippen LogP contribution >= 0.6 is 12.2 Å². The molecule has 0 saturated carbocycles. The molecule has 1 atom stereocenters. The number of para-hydroxylation sites is 2. The molecule has 5 heteroatoms. The second-order valence-corrected chi connectivity index (χ2v) is 5.32. The number of rotatable bonds is 4. The van der Waals surface area contributed by atoms with Gasteiger partial charge in [0.2, 0.25) is 0 Å². The SMILES string of the molecule is Cn1c(C(O)c2ccccc2Oc2ccccc2)c[nH]c1=S. The fourth-order valence-electron chi connectivity index (χ4n) is 2.28. The molecule has 0 fully saturated rings. The Labute approximate surface area is 133 Å². The van der Waals surface area contributed by atoms with Gasteiger partial charge in [-0.2, -0.15) is 0 Å². The summed E-state index contributed by atoms with van der Waals surface area (Å²) in [5.74, 6) is 1.35. The van der Waals surface area contributed by atoms with Crippen LogP contribution in [-0.2, 0) is 7.05 Å². The molecule has 112 valence electrons. The summed E-state index contributed by atoms with van der Waals surface area (Å²) in [5, 5.41) is 10.7. The Morgan fingerprint density at radius 3 is 2.45 bits per heavy atom. The maximum absolute atomic E-state index is 10.7. The minimum absolute atomic E-state index is 0.565. The molecule has 0 radical (unpaired) electrons. The van der Waals surface area contributed by atoms with Crippen molar-refractivity contribution in [1.29, 1.82) is 0 Å². The maximum atomic E-state index is 10.7. The van der Waals surface area contributed by atoms with E-state index < -0.39 is 6.10 Å². The zero-order valence-electron chi connectivity index (χ0n) is 12.1. The first kappa shape index (κ1) is 14.6. The van der Waals surface area contributed by atoms with Crippen molar-refractivity contribution in [3.63, 3.8) is 0 Å². The summed E-state index contributed by atoms with van der Waals surface area (Å²) in [6.45, 7) is 0. The molecule has 0 aliphatic carbocycles. The second kappa shape index (κ2) is 6.17. The second-order valence-electron chi connectivity index (χ2n) is 4.93. The van der Waals surface area contributed by atoms with Gasteiger partial charge in [0.1, 0.15) is 17.6 Å². The van der Waals surface area contributed by atoms with Crippen LogP contribution in [0.4, 0.5) is 0 Å². The van der Waals surface area contributed by atoms with E-state index in [-0.39, 0.29) is 0 Å². The highest BCUT2D eigenvalue weighted by Crippen LogP contribution is 2.32. The molecule has 0 bridgehead atoms. The highest BCUT2D eigenvalue weighted by atomic mass is 32.1. The Kier molecular flexibility index (Phi) is 4.09. The van der Waals surface area contributed by atoms with Crippen LogP contribution in [0.2, 0.25) is 0 Å². The third-order valence-corrected chi connectivity index (χ3v) is 3.89. The van der Waals surface area contributed by atoms with E-state index >= 15 is 0 Å². The monoisotopic (exact) mass is 312 g/mol. The Bertz CT molecular complexity index is 824. The number of ether oxygens (including phenoxy) is 1. The maximum Gasteiger partial charge on any atom is 0.177 e. The molecule has 3 rings (SSSR count). The van der Waals surface area contributed by atoms with Gasteiger partial charge in [0.25, 0.3) is 0 Å². The van der Waals surface area contributed by atoms with Crippen molar-refractivity contribution in [3.05, 3.63) is 76.8 Å². The zero-order valence-corrected chi connectivity index (χ0v) is 12.9. The molecular formula is C17H16N2O2S. The molecule has 0 aliphatic rings. The van der Waals surface area contributed by atoms with Crippen LogP contribution in [0.5, 0.6) is 11.5 Å². The molecule has 0 aliphatic heterocycles. The lowest BCUT2D eigenvalue weighted by Crippen LogP contribution is -2.07. The number of benzene rings is 2. The van der Waals surface area contributed by atoms with Crippen LogP contribution in [0.15, 0.2) is 60.8 Å². The van der Waals surface area contributed by atoms with E-state index in [4.69, 9.17) is 17.0 Å². The van der Waals surface area contributed by atoms with Crippen molar-refractivity contribution in [3.8, 4) is 11.5 Å². The minimum Gasteiger partial charge on any atom is -0.457 e. The Hall–Kier alpha value is -2.37. The topological polar surface area (TPSA) is 50.2 Å². The van der Waals surface area contributed by atoms with Crippen molar-refractivity contribution >= 4 is 12.2 Å². The van der Waals surface area contributed by atoms with E-state index in [0.29, 0.717) is 21.8 Å². The normalized spacial score (nSPS) is 12.1. The third-order valence-electron chi connectivity index (χ3n) is 3.50. The molecule has 1 aromatic heterocycles. The Balaban J connectivity index is 1.97. The number of aromatic amines is 1. The summed E-state index contributed by atoms with van der Waals surface area (Å²) >= 11 is 5.15. The van der Waals surface area contributed by atoms with E-state index in [1.807, 2.05) is 61.6 Å². The molecule has 3 aromatic rings. The molecule has 0 spiro atoms. The van der Waals surface area contributed by atoms with Crippen LogP contribution in [0, 0.1) is 4.77 Å². The van der Waals surface area contributed by atoms with Gasteiger partial charge in [0.15, 0.2) is 4.77 Å². The molecule has 1 heterocycles. The van der Waals surface area contributed by atoms with E-state index in [0.717, 1.165) is 5.75 Å². The van der Waals surface area contributed by atoms with Gasteiger partial charge in [-0.05, 0) is 30.4 Å². The number of imidazole rings is 1. The standard InChI is InChI=1S/C17H16N2O2S/c1-19-14(11-18-17(19)22)16(20)13-9-5-6-10-15(13)21-12-7-3-2-4-8-12/h2-11,16,20H,1H3,(H,18,22). The van der Waals surface area contributed by atoms with E-state index in [1.54, 1.807) is 10.8 Å². The first-order chi connectivity index (χ1) is 10.7. The summed E-state index contributed by atoms with van der Waals surface area (Å²) in [4.78, 5) is 2.93. The Morgan fingerprint density at radius 2 is 1.77 bits per heavy atom. The number of hydrogen-bond acceptors (Lipinski definition) is 3. The summed E-state index contributed by atoms with van der Waals surface area (Å²) in [5.41, 5.74) is 1.38. The fourth-order valence-corrected chi connectivity index (χ4v) is 2.45. The predicted molar refractivity (Wildman–Crippen MR) is 87.6 cm³/mol. The van der Waals surface area contributed by atoms with Gasteiger partial charge >= 0.3 is 0 Å². The number of nitrogens with zero attached hydrogens (tertiary/aromatic N) is 1. The van der Waals surface area contributed by atoms with E-state index in [1.165, 1.54) is 0 Å². The van der Waals surface area contributed by atoms with E-state index in [2.05, 4.69) is 4.98 Å². The number of aromatic nitrogens is 2. The van der Waals surface area contributed by atoms with Crippen molar-refractivity contribution < 1.29 is 9.84 Å². The largest absolute Gasteiger partial charge is 0.457 e. The molecular weight excluding hydrogens is 296 g/mol. The molecule has 22 heavy (non-hydrogen) atoms. The molecule has 4 nitrogen and oxygen atoms in total. The van der Waals surface area contributed by atoms with Gasteiger partial charge in [-0.1, -0.05) is 36.4 Å². The summed E-state index contributed by atoms with van der Waals surface area (Å²) < 4.78 is 8.21. The highest BCUT2D eigenvalue weighted by molar-refractivity contribution is 7.71. The third kappa shape index (κ3) is 2.81. The Morgan fingerprint density at radius 1 is 1.09 bits per heavy atom. The quantitative estimate of drug-likeness (QED) is 0.717. The molecule has 1 unspecified atom stereocenters. The van der Waals surface area contributed by atoms with Crippen LogP contribution in [0.25, 0.3) is 0 Å². The highest BCUT2D eigenvalue weighted by Gasteiger charge is 2.18. The van der Waals surface area contributed by atoms with Crippen molar-refractivity contribution in [2.75, 3.05) is 0 Å². The lowest BCUT2D eigenvalue weighted by molar-refractivity contribution is 0.207. The summed E-state index contributed by atoms with van der Waals surface area (Å²) in [6, 6.07) is 16.9.